The molecule has 0 atom stereocenters. The highest BCUT2D eigenvalue weighted by molar-refractivity contribution is 5.93. The third kappa shape index (κ3) is 2.09. The number of hydrogen-bond acceptors (Lipinski definition) is 5. The van der Waals surface area contributed by atoms with Gasteiger partial charge in [0.2, 0.25) is 0 Å². The highest BCUT2D eigenvalue weighted by Gasteiger charge is 2.16. The number of nitrogens with one attached hydrogen (secondary N) is 3. The molecule has 0 saturated carbocycles. The summed E-state index contributed by atoms with van der Waals surface area (Å²) in [5.74, 6) is 0. The second-order valence-electron chi connectivity index (χ2n) is 5.05. The van der Waals surface area contributed by atoms with Gasteiger partial charge in [0, 0.05) is 30.4 Å². The number of aromatic nitrogens is 1. The van der Waals surface area contributed by atoms with Gasteiger partial charge in [-0.1, -0.05) is 0 Å². The maximum atomic E-state index is 9.30. The average Bonchev–Trinajstić information content (AvgIpc) is 2.96. The van der Waals surface area contributed by atoms with Crippen LogP contribution in [0.1, 0.15) is 16.7 Å². The van der Waals surface area contributed by atoms with Gasteiger partial charge in [-0.2, -0.15) is 5.26 Å². The highest BCUT2D eigenvalue weighted by Crippen LogP contribution is 2.30. The summed E-state index contributed by atoms with van der Waals surface area (Å²) < 4.78 is 0. The molecule has 5 nitrogen and oxygen atoms in total. The number of hydrogen-bond donors (Lipinski definition) is 3. The summed E-state index contributed by atoms with van der Waals surface area (Å²) >= 11 is 0. The standard InChI is InChI=1S/C15H17N5/c1-9-7-12(20-15-18-5-6-19-15)10(2)13-11(8-16)3-4-17-14(9)13/h3-4,7,15,18-20H,5-6H2,1-2H3. The quantitative estimate of drug-likeness (QED) is 0.771. The second-order valence-corrected chi connectivity index (χ2v) is 5.05. The third-order valence-electron chi connectivity index (χ3n) is 3.71. The summed E-state index contributed by atoms with van der Waals surface area (Å²) in [6.45, 7) is 5.96. The normalized spacial score (nSPS) is 15.4. The van der Waals surface area contributed by atoms with Gasteiger partial charge in [-0.3, -0.25) is 15.6 Å². The second kappa shape index (κ2) is 5.08. The van der Waals surface area contributed by atoms with E-state index in [1.807, 2.05) is 13.8 Å². The Morgan fingerprint density at radius 2 is 2.10 bits per heavy atom. The van der Waals surface area contributed by atoms with Crippen LogP contribution in [0.25, 0.3) is 10.9 Å². The van der Waals surface area contributed by atoms with Gasteiger partial charge in [-0.05, 0) is 37.1 Å². The van der Waals surface area contributed by atoms with Crippen molar-refractivity contribution < 1.29 is 0 Å². The third-order valence-corrected chi connectivity index (χ3v) is 3.71. The van der Waals surface area contributed by atoms with Crippen molar-refractivity contribution in [2.75, 3.05) is 18.4 Å². The number of nitrogens with zero attached hydrogens (tertiary/aromatic N) is 2. The van der Waals surface area contributed by atoms with Crippen LogP contribution in [0.5, 0.6) is 0 Å². The van der Waals surface area contributed by atoms with Crippen molar-refractivity contribution in [2.24, 2.45) is 0 Å². The fourth-order valence-corrected chi connectivity index (χ4v) is 2.67. The lowest BCUT2D eigenvalue weighted by Crippen LogP contribution is -2.39. The van der Waals surface area contributed by atoms with Crippen LogP contribution in [0.4, 0.5) is 5.69 Å². The van der Waals surface area contributed by atoms with Crippen LogP contribution in [0.3, 0.4) is 0 Å². The SMILES string of the molecule is Cc1cc(NC2NCCN2)c(C)c2c(C#N)ccnc12. The number of fused-ring (bicyclic) bond motifs is 1. The lowest BCUT2D eigenvalue weighted by molar-refractivity contribution is 0.620. The predicted molar refractivity (Wildman–Crippen MR) is 79.3 cm³/mol. The van der Waals surface area contributed by atoms with Crippen molar-refractivity contribution in [3.63, 3.8) is 0 Å². The Morgan fingerprint density at radius 1 is 1.35 bits per heavy atom. The molecular formula is C15H17N5. The van der Waals surface area contributed by atoms with Crippen LogP contribution >= 0.6 is 0 Å². The van der Waals surface area contributed by atoms with Crippen LogP contribution in [0, 0.1) is 25.2 Å². The molecule has 2 aromatic rings. The summed E-state index contributed by atoms with van der Waals surface area (Å²) in [6, 6.07) is 6.12. The van der Waals surface area contributed by atoms with Crippen molar-refractivity contribution in [3.05, 3.63) is 35.0 Å². The maximum absolute atomic E-state index is 9.30. The molecule has 0 spiro atoms. The van der Waals surface area contributed by atoms with E-state index in [0.29, 0.717) is 5.56 Å². The molecule has 1 aromatic carbocycles. The number of anilines is 1. The van der Waals surface area contributed by atoms with Crippen molar-refractivity contribution in [3.8, 4) is 6.07 Å². The first kappa shape index (κ1) is 12.9. The number of pyridine rings is 1. The first-order chi connectivity index (χ1) is 9.70. The molecule has 0 bridgehead atoms. The fraction of sp³-hybridized carbons (Fsp3) is 0.333. The van der Waals surface area contributed by atoms with Crippen molar-refractivity contribution >= 4 is 16.6 Å². The Labute approximate surface area is 118 Å². The lowest BCUT2D eigenvalue weighted by atomic mass is 9.99. The van der Waals surface area contributed by atoms with E-state index >= 15 is 0 Å². The number of rotatable bonds is 2. The molecule has 5 heteroatoms. The zero-order valence-corrected chi connectivity index (χ0v) is 11.6. The van der Waals surface area contributed by atoms with Gasteiger partial charge < -0.3 is 5.32 Å². The fourth-order valence-electron chi connectivity index (χ4n) is 2.67. The Bertz CT molecular complexity index is 695. The Kier molecular flexibility index (Phi) is 3.26. The monoisotopic (exact) mass is 267 g/mol. The van der Waals surface area contributed by atoms with E-state index in [-0.39, 0.29) is 6.29 Å². The minimum absolute atomic E-state index is 0.0766. The zero-order chi connectivity index (χ0) is 14.1. The van der Waals surface area contributed by atoms with Crippen LogP contribution in [0.2, 0.25) is 0 Å². The van der Waals surface area contributed by atoms with E-state index in [4.69, 9.17) is 0 Å². The van der Waals surface area contributed by atoms with Crippen LogP contribution < -0.4 is 16.0 Å². The van der Waals surface area contributed by atoms with Gasteiger partial charge >= 0.3 is 0 Å². The molecule has 0 radical (unpaired) electrons. The minimum Gasteiger partial charge on any atom is -0.357 e. The summed E-state index contributed by atoms with van der Waals surface area (Å²) in [6.07, 6.45) is 1.77. The van der Waals surface area contributed by atoms with E-state index in [1.54, 1.807) is 12.3 Å². The van der Waals surface area contributed by atoms with Gasteiger partial charge in [-0.15, -0.1) is 0 Å². The predicted octanol–water partition coefficient (Wildman–Crippen LogP) is 1.61. The van der Waals surface area contributed by atoms with E-state index in [1.165, 1.54) is 0 Å². The van der Waals surface area contributed by atoms with E-state index in [9.17, 15) is 5.26 Å². The Hall–Kier alpha value is -2.16. The Balaban J connectivity index is 2.14. The van der Waals surface area contributed by atoms with Crippen LogP contribution in [-0.2, 0) is 0 Å². The van der Waals surface area contributed by atoms with Crippen molar-refractivity contribution in [1.82, 2.24) is 15.6 Å². The molecular weight excluding hydrogens is 250 g/mol. The smallest absolute Gasteiger partial charge is 0.132 e. The molecule has 1 aromatic heterocycles. The van der Waals surface area contributed by atoms with Crippen molar-refractivity contribution in [2.45, 2.75) is 20.1 Å². The molecule has 102 valence electrons. The summed E-state index contributed by atoms with van der Waals surface area (Å²) in [7, 11) is 0. The maximum Gasteiger partial charge on any atom is 0.132 e. The van der Waals surface area contributed by atoms with Crippen LogP contribution in [0.15, 0.2) is 18.3 Å². The number of aryl methyl sites for hydroxylation is 2. The van der Waals surface area contributed by atoms with E-state index in [0.717, 1.165) is 40.8 Å². The molecule has 0 amide bonds. The topological polar surface area (TPSA) is 72.8 Å². The van der Waals surface area contributed by atoms with Gasteiger partial charge in [-0.25, -0.2) is 0 Å². The zero-order valence-electron chi connectivity index (χ0n) is 11.6. The Morgan fingerprint density at radius 3 is 2.80 bits per heavy atom. The van der Waals surface area contributed by atoms with Gasteiger partial charge in [0.05, 0.1) is 17.1 Å². The molecule has 3 N–H and O–H groups in total. The molecule has 3 rings (SSSR count). The van der Waals surface area contributed by atoms with Gasteiger partial charge in [0.15, 0.2) is 0 Å². The van der Waals surface area contributed by atoms with Crippen LogP contribution in [-0.4, -0.2) is 24.4 Å². The summed E-state index contributed by atoms with van der Waals surface area (Å²) in [4.78, 5) is 4.41. The number of nitriles is 1. The largest absolute Gasteiger partial charge is 0.357 e. The molecule has 20 heavy (non-hydrogen) atoms. The first-order valence-corrected chi connectivity index (χ1v) is 6.73. The number of benzene rings is 1. The van der Waals surface area contributed by atoms with Gasteiger partial charge in [0.25, 0.3) is 0 Å². The first-order valence-electron chi connectivity index (χ1n) is 6.73. The minimum atomic E-state index is 0.0766. The molecule has 2 heterocycles. The van der Waals surface area contributed by atoms with E-state index in [2.05, 4.69) is 33.1 Å². The summed E-state index contributed by atoms with van der Waals surface area (Å²) in [5.41, 5.74) is 4.74. The molecule has 0 unspecified atom stereocenters. The van der Waals surface area contributed by atoms with Crippen molar-refractivity contribution in [1.29, 1.82) is 5.26 Å². The molecule has 0 aliphatic carbocycles. The summed E-state index contributed by atoms with van der Waals surface area (Å²) in [5, 5.41) is 20.3. The van der Waals surface area contributed by atoms with E-state index < -0.39 is 0 Å². The molecule has 1 fully saturated rings. The molecule has 1 saturated heterocycles. The van der Waals surface area contributed by atoms with Gasteiger partial charge in [0.1, 0.15) is 6.29 Å². The molecule has 1 aliphatic rings. The lowest BCUT2D eigenvalue weighted by Gasteiger charge is -2.19. The highest BCUT2D eigenvalue weighted by atomic mass is 15.3. The molecule has 1 aliphatic heterocycles. The average molecular weight is 267 g/mol.